The fraction of sp³-hybridized carbons (Fsp3) is 0.360. The average Bonchev–Trinajstić information content (AvgIpc) is 3.29. The molecule has 0 saturated carbocycles. The molecule has 2 aliphatic heterocycles. The van der Waals surface area contributed by atoms with E-state index in [1.807, 2.05) is 18.2 Å². The smallest absolute Gasteiger partial charge is 0.142 e. The third kappa shape index (κ3) is 4.81. The van der Waals surface area contributed by atoms with Crippen molar-refractivity contribution in [2.24, 2.45) is 0 Å². The number of nitrogens with zero attached hydrogens (tertiary/aromatic N) is 4. The summed E-state index contributed by atoms with van der Waals surface area (Å²) < 4.78 is 5.01. The highest BCUT2D eigenvalue weighted by Gasteiger charge is 2.17. The molecule has 2 aliphatic rings. The van der Waals surface area contributed by atoms with Crippen LogP contribution in [0.2, 0.25) is 5.02 Å². The summed E-state index contributed by atoms with van der Waals surface area (Å²) in [5.41, 5.74) is 11.7. The summed E-state index contributed by atoms with van der Waals surface area (Å²) in [6.45, 7) is 8.03. The second kappa shape index (κ2) is 10.1. The number of morpholine rings is 1. The Bertz CT molecular complexity index is 1270. The van der Waals surface area contributed by atoms with Crippen molar-refractivity contribution in [2.75, 3.05) is 70.2 Å². The predicted octanol–water partition coefficient (Wildman–Crippen LogP) is 3.37. The third-order valence-electron chi connectivity index (χ3n) is 6.32. The number of hydrogen-bond acceptors (Lipinski definition) is 7. The number of rotatable bonds is 2. The minimum atomic E-state index is 0.592. The molecule has 0 spiro atoms. The Morgan fingerprint density at radius 3 is 2.53 bits per heavy atom. The average molecular weight is 480 g/mol. The first-order valence-electron chi connectivity index (χ1n) is 11.6. The number of hydrogen-bond donors (Lipinski definition) is 3. The molecule has 4 N–H and O–H groups in total. The van der Waals surface area contributed by atoms with Crippen LogP contribution in [-0.2, 0) is 4.74 Å². The van der Waals surface area contributed by atoms with Gasteiger partial charge in [-0.05, 0) is 37.4 Å². The molecule has 178 valence electrons. The first-order chi connectivity index (χ1) is 16.6. The Morgan fingerprint density at radius 2 is 1.82 bits per heavy atom. The highest BCUT2D eigenvalue weighted by molar-refractivity contribution is 6.36. The number of H-pyrrole nitrogens is 1. The molecule has 8 nitrogen and oxygen atoms in total. The van der Waals surface area contributed by atoms with Crippen molar-refractivity contribution >= 4 is 44.9 Å². The van der Waals surface area contributed by atoms with E-state index in [9.17, 15) is 0 Å². The maximum Gasteiger partial charge on any atom is 0.142 e. The summed E-state index contributed by atoms with van der Waals surface area (Å²) in [7, 11) is 2.16. The summed E-state index contributed by atoms with van der Waals surface area (Å²) in [5, 5.41) is 4.52. The van der Waals surface area contributed by atoms with Crippen LogP contribution < -0.4 is 16.0 Å². The van der Waals surface area contributed by atoms with Crippen LogP contribution in [-0.4, -0.2) is 79.4 Å². The number of halogens is 1. The molecule has 4 aromatic rings. The van der Waals surface area contributed by atoms with Crippen molar-refractivity contribution in [3.05, 3.63) is 47.6 Å². The monoisotopic (exact) mass is 479 g/mol. The lowest BCUT2D eigenvalue weighted by Crippen LogP contribution is -2.44. The fourth-order valence-electron chi connectivity index (χ4n) is 4.31. The van der Waals surface area contributed by atoms with Crippen molar-refractivity contribution in [1.82, 2.24) is 25.2 Å². The molecule has 9 heteroatoms. The minimum absolute atomic E-state index is 0.592. The summed E-state index contributed by atoms with van der Waals surface area (Å²) in [6, 6.07) is 12.0. The van der Waals surface area contributed by atoms with Gasteiger partial charge in [-0.15, -0.1) is 0 Å². The number of likely N-dealkylation sites (N-methyl/N-ethyl adjacent to an activating group) is 1. The number of nitrogen functional groups attached to an aromatic ring is 1. The number of ether oxygens (including phenoxy) is 1. The summed E-state index contributed by atoms with van der Waals surface area (Å²) in [4.78, 5) is 17.4. The number of nitrogens with two attached hydrogens (primary N) is 1. The Kier molecular flexibility index (Phi) is 6.82. The predicted molar refractivity (Wildman–Crippen MR) is 140 cm³/mol. The number of nitrogens with one attached hydrogen (secondary N) is 2. The zero-order valence-corrected chi connectivity index (χ0v) is 20.1. The van der Waals surface area contributed by atoms with Crippen molar-refractivity contribution in [2.45, 2.75) is 0 Å². The highest BCUT2D eigenvalue weighted by Crippen LogP contribution is 2.35. The van der Waals surface area contributed by atoms with E-state index in [0.29, 0.717) is 16.5 Å². The molecule has 2 aromatic carbocycles. The molecular formula is C25H30ClN7O. The number of anilines is 2. The van der Waals surface area contributed by atoms with E-state index in [0.717, 1.165) is 80.0 Å². The zero-order chi connectivity index (χ0) is 23.5. The van der Waals surface area contributed by atoms with E-state index >= 15 is 0 Å². The van der Waals surface area contributed by atoms with Crippen molar-refractivity contribution in [3.8, 4) is 11.4 Å². The number of aromatic nitrogens is 3. The molecule has 6 rings (SSSR count). The van der Waals surface area contributed by atoms with Crippen molar-refractivity contribution in [1.29, 1.82) is 0 Å². The fourth-order valence-corrected chi connectivity index (χ4v) is 4.58. The molecule has 4 heterocycles. The van der Waals surface area contributed by atoms with Crippen LogP contribution in [0.4, 0.5) is 11.4 Å². The minimum Gasteiger partial charge on any atom is -0.397 e. The lowest BCUT2D eigenvalue weighted by atomic mass is 10.1. The number of piperazine rings is 1. The number of fused-ring (bicyclic) bond motifs is 2. The molecule has 0 bridgehead atoms. The first-order valence-corrected chi connectivity index (χ1v) is 12.0. The standard InChI is InChI=1S/C21H21ClN6.C4H9NO/c1-27-7-9-28(10-8-27)13-5-6-16-18(11-13)26-21(25-16)14-12-24-17-4-2-3-15(22)19(17)20(14)23;1-3-6-4-2-5-1/h2-6,11-12H,7-10H2,1H3,(H2,23,24)(H,25,26);5H,1-4H2. The number of imidazole rings is 1. The van der Waals surface area contributed by atoms with Crippen LogP contribution in [0, 0.1) is 0 Å². The van der Waals surface area contributed by atoms with Gasteiger partial charge in [0.05, 0.1) is 46.0 Å². The molecule has 2 aromatic heterocycles. The van der Waals surface area contributed by atoms with Crippen LogP contribution in [0.15, 0.2) is 42.6 Å². The Labute approximate surface area is 204 Å². The molecule has 0 radical (unpaired) electrons. The quantitative estimate of drug-likeness (QED) is 0.405. The van der Waals surface area contributed by atoms with Crippen LogP contribution in [0.25, 0.3) is 33.3 Å². The molecular weight excluding hydrogens is 450 g/mol. The van der Waals surface area contributed by atoms with Gasteiger partial charge < -0.3 is 30.6 Å². The molecule has 0 atom stereocenters. The largest absolute Gasteiger partial charge is 0.397 e. The lowest BCUT2D eigenvalue weighted by Gasteiger charge is -2.34. The van der Waals surface area contributed by atoms with Gasteiger partial charge in [0.15, 0.2) is 0 Å². The van der Waals surface area contributed by atoms with Crippen LogP contribution >= 0.6 is 11.6 Å². The third-order valence-corrected chi connectivity index (χ3v) is 6.64. The SMILES string of the molecule is C1COCCN1.CN1CCN(c2ccc3[nH]c(-c4cnc5cccc(Cl)c5c4N)nc3c2)CC1. The van der Waals surface area contributed by atoms with Gasteiger partial charge in [-0.2, -0.15) is 0 Å². The molecule has 2 fully saturated rings. The highest BCUT2D eigenvalue weighted by atomic mass is 35.5. The molecule has 0 amide bonds. The van der Waals surface area contributed by atoms with Gasteiger partial charge in [0, 0.05) is 56.5 Å². The number of pyridine rings is 1. The number of aromatic amines is 1. The summed E-state index contributed by atoms with van der Waals surface area (Å²) in [6.07, 6.45) is 1.76. The van der Waals surface area contributed by atoms with Gasteiger partial charge in [-0.25, -0.2) is 4.98 Å². The van der Waals surface area contributed by atoms with E-state index in [2.05, 4.69) is 50.3 Å². The van der Waals surface area contributed by atoms with E-state index in [1.54, 1.807) is 6.20 Å². The second-order valence-electron chi connectivity index (χ2n) is 8.66. The lowest BCUT2D eigenvalue weighted by molar-refractivity contribution is 0.109. The van der Waals surface area contributed by atoms with Gasteiger partial charge in [0.1, 0.15) is 5.82 Å². The maximum absolute atomic E-state index is 6.44. The maximum atomic E-state index is 6.44. The molecule has 0 aliphatic carbocycles. The topological polar surface area (TPSA) is 95.3 Å². The van der Waals surface area contributed by atoms with E-state index in [4.69, 9.17) is 27.1 Å². The van der Waals surface area contributed by atoms with E-state index < -0.39 is 0 Å². The summed E-state index contributed by atoms with van der Waals surface area (Å²) >= 11 is 6.36. The normalized spacial score (nSPS) is 17.1. The van der Waals surface area contributed by atoms with E-state index in [1.165, 1.54) is 5.69 Å². The molecule has 34 heavy (non-hydrogen) atoms. The van der Waals surface area contributed by atoms with Gasteiger partial charge in [-0.3, -0.25) is 4.98 Å². The second-order valence-corrected chi connectivity index (χ2v) is 9.07. The summed E-state index contributed by atoms with van der Waals surface area (Å²) in [5.74, 6) is 0.706. The van der Waals surface area contributed by atoms with Crippen molar-refractivity contribution in [3.63, 3.8) is 0 Å². The Morgan fingerprint density at radius 1 is 1.03 bits per heavy atom. The van der Waals surface area contributed by atoms with E-state index in [-0.39, 0.29) is 0 Å². The van der Waals surface area contributed by atoms with Crippen LogP contribution in [0.3, 0.4) is 0 Å². The molecule has 2 saturated heterocycles. The van der Waals surface area contributed by atoms with Crippen molar-refractivity contribution < 1.29 is 4.74 Å². The Balaban J connectivity index is 0.000000351. The van der Waals surface area contributed by atoms with Gasteiger partial charge in [-0.1, -0.05) is 17.7 Å². The van der Waals surface area contributed by atoms with Gasteiger partial charge >= 0.3 is 0 Å². The van der Waals surface area contributed by atoms with Crippen LogP contribution in [0.1, 0.15) is 0 Å². The number of benzene rings is 2. The zero-order valence-electron chi connectivity index (χ0n) is 19.4. The van der Waals surface area contributed by atoms with Crippen LogP contribution in [0.5, 0.6) is 0 Å². The van der Waals surface area contributed by atoms with Gasteiger partial charge in [0.25, 0.3) is 0 Å². The molecule has 0 unspecified atom stereocenters. The first kappa shape index (κ1) is 22.9. The van der Waals surface area contributed by atoms with Gasteiger partial charge in [0.2, 0.25) is 0 Å². The Hall–Kier alpha value is -2.91.